The maximum Gasteiger partial charge on any atom is 0.270 e. The second-order valence-electron chi connectivity index (χ2n) is 3.33. The number of aryl methyl sites for hydroxylation is 1. The molecule has 82 valence electrons. The Morgan fingerprint density at radius 3 is 2.81 bits per heavy atom. The highest BCUT2D eigenvalue weighted by Crippen LogP contribution is 2.13. The number of hydrogen-bond donors (Lipinski definition) is 0. The highest BCUT2D eigenvalue weighted by Gasteiger charge is 2.07. The van der Waals surface area contributed by atoms with Crippen LogP contribution in [0.25, 0.3) is 11.4 Å². The smallest absolute Gasteiger partial charge is 0.267 e. The van der Waals surface area contributed by atoms with E-state index in [-0.39, 0.29) is 11.4 Å². The summed E-state index contributed by atoms with van der Waals surface area (Å²) in [5.74, 6) is 0.176. The number of pyridine rings is 1. The van der Waals surface area contributed by atoms with Crippen molar-refractivity contribution in [3.8, 4) is 11.4 Å². The van der Waals surface area contributed by atoms with Gasteiger partial charge in [-0.05, 0) is 18.2 Å². The summed E-state index contributed by atoms with van der Waals surface area (Å²) in [7, 11) is 1.60. The SMILES string of the molecule is Cn1nc(-c2ccccn2)cc(CCl)c1=O. The minimum absolute atomic E-state index is 0.172. The zero-order valence-corrected chi connectivity index (χ0v) is 9.48. The largest absolute Gasteiger partial charge is 0.270 e. The van der Waals surface area contributed by atoms with Gasteiger partial charge in [-0.3, -0.25) is 9.78 Å². The van der Waals surface area contributed by atoms with Crippen LogP contribution in [0, 0.1) is 0 Å². The third-order valence-electron chi connectivity index (χ3n) is 2.21. The molecule has 16 heavy (non-hydrogen) atoms. The molecule has 0 bridgehead atoms. The quantitative estimate of drug-likeness (QED) is 0.743. The van der Waals surface area contributed by atoms with E-state index in [4.69, 9.17) is 11.6 Å². The van der Waals surface area contributed by atoms with Crippen LogP contribution >= 0.6 is 11.6 Å². The standard InChI is InChI=1S/C11H10ClN3O/c1-15-11(16)8(7-12)6-10(14-15)9-4-2-3-5-13-9/h2-6H,7H2,1H3. The molecular formula is C11H10ClN3O. The van der Waals surface area contributed by atoms with Crippen LogP contribution in [-0.2, 0) is 12.9 Å². The van der Waals surface area contributed by atoms with Crippen molar-refractivity contribution in [3.05, 3.63) is 46.4 Å². The van der Waals surface area contributed by atoms with E-state index < -0.39 is 0 Å². The molecular weight excluding hydrogens is 226 g/mol. The summed E-state index contributed by atoms with van der Waals surface area (Å²) in [5, 5.41) is 4.13. The molecule has 0 aliphatic heterocycles. The second-order valence-corrected chi connectivity index (χ2v) is 3.60. The van der Waals surface area contributed by atoms with E-state index in [1.54, 1.807) is 19.3 Å². The number of hydrogen-bond acceptors (Lipinski definition) is 3. The molecule has 2 rings (SSSR count). The van der Waals surface area contributed by atoms with Gasteiger partial charge in [0.15, 0.2) is 0 Å². The number of nitrogens with zero attached hydrogens (tertiary/aromatic N) is 3. The molecule has 2 aromatic rings. The van der Waals surface area contributed by atoms with E-state index in [1.165, 1.54) is 4.68 Å². The van der Waals surface area contributed by atoms with Gasteiger partial charge in [0.2, 0.25) is 0 Å². The van der Waals surface area contributed by atoms with Crippen molar-refractivity contribution in [1.82, 2.24) is 14.8 Å². The summed E-state index contributed by atoms with van der Waals surface area (Å²) in [5.41, 5.74) is 1.73. The van der Waals surface area contributed by atoms with Crippen molar-refractivity contribution >= 4 is 11.6 Å². The predicted molar refractivity (Wildman–Crippen MR) is 62.3 cm³/mol. The molecule has 0 spiro atoms. The van der Waals surface area contributed by atoms with Crippen LogP contribution in [0.1, 0.15) is 5.56 Å². The van der Waals surface area contributed by atoms with Crippen LogP contribution in [0.15, 0.2) is 35.3 Å². The van der Waals surface area contributed by atoms with Crippen molar-refractivity contribution in [2.45, 2.75) is 5.88 Å². The average molecular weight is 236 g/mol. The van der Waals surface area contributed by atoms with Crippen LogP contribution < -0.4 is 5.56 Å². The second kappa shape index (κ2) is 4.45. The van der Waals surface area contributed by atoms with Crippen LogP contribution in [-0.4, -0.2) is 14.8 Å². The van der Waals surface area contributed by atoms with Crippen LogP contribution in [0.5, 0.6) is 0 Å². The molecule has 2 heterocycles. The molecule has 0 aromatic carbocycles. The highest BCUT2D eigenvalue weighted by atomic mass is 35.5. The number of halogens is 1. The summed E-state index contributed by atoms with van der Waals surface area (Å²) in [6.45, 7) is 0. The first kappa shape index (κ1) is 10.8. The van der Waals surface area contributed by atoms with Crippen LogP contribution in [0.4, 0.5) is 0 Å². The van der Waals surface area contributed by atoms with Crippen molar-refractivity contribution in [2.75, 3.05) is 0 Å². The summed E-state index contributed by atoms with van der Waals surface area (Å²) in [6, 6.07) is 7.21. The molecule has 0 aliphatic carbocycles. The van der Waals surface area contributed by atoms with Crippen molar-refractivity contribution in [1.29, 1.82) is 0 Å². The molecule has 0 radical (unpaired) electrons. The third kappa shape index (κ3) is 1.97. The van der Waals surface area contributed by atoms with Crippen molar-refractivity contribution < 1.29 is 0 Å². The number of alkyl halides is 1. The normalized spacial score (nSPS) is 10.4. The lowest BCUT2D eigenvalue weighted by Crippen LogP contribution is -2.23. The fourth-order valence-corrected chi connectivity index (χ4v) is 1.60. The summed E-state index contributed by atoms with van der Waals surface area (Å²) in [4.78, 5) is 15.8. The van der Waals surface area contributed by atoms with Gasteiger partial charge in [-0.1, -0.05) is 6.07 Å². The lowest BCUT2D eigenvalue weighted by atomic mass is 10.2. The van der Waals surface area contributed by atoms with Gasteiger partial charge in [0.25, 0.3) is 5.56 Å². The van der Waals surface area contributed by atoms with Crippen LogP contribution in [0.3, 0.4) is 0 Å². The van der Waals surface area contributed by atoms with E-state index >= 15 is 0 Å². The van der Waals surface area contributed by atoms with E-state index in [0.717, 1.165) is 5.69 Å². The first-order chi connectivity index (χ1) is 7.72. The Labute approximate surface area is 97.5 Å². The minimum atomic E-state index is -0.172. The molecule has 0 N–H and O–H groups in total. The molecule has 5 heteroatoms. The maximum absolute atomic E-state index is 11.6. The van der Waals surface area contributed by atoms with Gasteiger partial charge in [0, 0.05) is 18.8 Å². The fraction of sp³-hybridized carbons (Fsp3) is 0.182. The summed E-state index contributed by atoms with van der Waals surface area (Å²) < 4.78 is 1.28. The van der Waals surface area contributed by atoms with Gasteiger partial charge >= 0.3 is 0 Å². The molecule has 0 aliphatic rings. The van der Waals surface area contributed by atoms with Crippen molar-refractivity contribution in [3.63, 3.8) is 0 Å². The molecule has 4 nitrogen and oxygen atoms in total. The topological polar surface area (TPSA) is 47.8 Å². The number of aromatic nitrogens is 3. The lowest BCUT2D eigenvalue weighted by Gasteiger charge is -2.04. The average Bonchev–Trinajstić information content (AvgIpc) is 2.33. The van der Waals surface area contributed by atoms with Crippen molar-refractivity contribution in [2.24, 2.45) is 7.05 Å². The first-order valence-electron chi connectivity index (χ1n) is 4.77. The summed E-state index contributed by atoms with van der Waals surface area (Å²) in [6.07, 6.45) is 1.68. The highest BCUT2D eigenvalue weighted by molar-refractivity contribution is 6.17. The third-order valence-corrected chi connectivity index (χ3v) is 2.50. The minimum Gasteiger partial charge on any atom is -0.267 e. The fourth-order valence-electron chi connectivity index (χ4n) is 1.41. The Bertz CT molecular complexity index is 551. The molecule has 2 aromatic heterocycles. The Morgan fingerprint density at radius 2 is 2.19 bits per heavy atom. The Hall–Kier alpha value is -1.68. The summed E-state index contributed by atoms with van der Waals surface area (Å²) >= 11 is 5.70. The van der Waals surface area contributed by atoms with Crippen LogP contribution in [0.2, 0.25) is 0 Å². The molecule has 0 fully saturated rings. The van der Waals surface area contributed by atoms with E-state index in [0.29, 0.717) is 11.3 Å². The first-order valence-corrected chi connectivity index (χ1v) is 5.30. The molecule has 0 unspecified atom stereocenters. The zero-order chi connectivity index (χ0) is 11.5. The molecule has 0 saturated carbocycles. The van der Waals surface area contributed by atoms with E-state index in [1.807, 2.05) is 18.2 Å². The zero-order valence-electron chi connectivity index (χ0n) is 8.72. The molecule has 0 saturated heterocycles. The van der Waals surface area contributed by atoms with Gasteiger partial charge in [0.05, 0.1) is 11.6 Å². The number of rotatable bonds is 2. The van der Waals surface area contributed by atoms with Gasteiger partial charge < -0.3 is 0 Å². The Balaban J connectivity index is 2.60. The molecule has 0 atom stereocenters. The van der Waals surface area contributed by atoms with Gasteiger partial charge in [-0.2, -0.15) is 5.10 Å². The van der Waals surface area contributed by atoms with E-state index in [2.05, 4.69) is 10.1 Å². The monoisotopic (exact) mass is 235 g/mol. The Kier molecular flexibility index (Phi) is 3.01. The van der Waals surface area contributed by atoms with E-state index in [9.17, 15) is 4.79 Å². The predicted octanol–water partition coefficient (Wildman–Crippen LogP) is 1.58. The van der Waals surface area contributed by atoms with Gasteiger partial charge in [-0.15, -0.1) is 11.6 Å². The maximum atomic E-state index is 11.6. The lowest BCUT2D eigenvalue weighted by molar-refractivity contribution is 0.702. The molecule has 0 amide bonds. The Morgan fingerprint density at radius 1 is 1.38 bits per heavy atom. The van der Waals surface area contributed by atoms with Gasteiger partial charge in [0.1, 0.15) is 5.69 Å². The van der Waals surface area contributed by atoms with Gasteiger partial charge in [-0.25, -0.2) is 4.68 Å².